The quantitative estimate of drug-likeness (QED) is 0.235. The van der Waals surface area contributed by atoms with Crippen molar-refractivity contribution in [3.05, 3.63) is 118 Å². The predicted octanol–water partition coefficient (Wildman–Crippen LogP) is 6.36. The minimum Gasteiger partial charge on any atom is -0.497 e. The highest BCUT2D eigenvalue weighted by Crippen LogP contribution is 2.50. The first-order valence-electron chi connectivity index (χ1n) is 12.4. The molecule has 216 valence electrons. The molecule has 0 aliphatic carbocycles. The summed E-state index contributed by atoms with van der Waals surface area (Å²) in [7, 11) is 1.50. The van der Waals surface area contributed by atoms with Crippen LogP contribution in [-0.2, 0) is 12.0 Å². The molecule has 5 rings (SSSR count). The topological polar surface area (TPSA) is 77.2 Å². The van der Waals surface area contributed by atoms with Crippen LogP contribution in [0, 0.1) is 0 Å². The number of aromatic nitrogens is 3. The molecule has 0 aliphatic heterocycles. The number of benzene rings is 3. The molecule has 42 heavy (non-hydrogen) atoms. The molecule has 0 fully saturated rings. The van der Waals surface area contributed by atoms with Crippen LogP contribution >= 0.6 is 0 Å². The van der Waals surface area contributed by atoms with Gasteiger partial charge in [0.05, 0.1) is 29.4 Å². The molecule has 0 radical (unpaired) electrons. The maximum Gasteiger partial charge on any atom is 0.430 e. The van der Waals surface area contributed by atoms with Crippen LogP contribution in [0.5, 0.6) is 5.75 Å². The van der Waals surface area contributed by atoms with Gasteiger partial charge in [0, 0.05) is 23.7 Å². The smallest absolute Gasteiger partial charge is 0.430 e. The highest BCUT2D eigenvalue weighted by Gasteiger charge is 2.71. The molecule has 1 N–H and O–H groups in total. The lowest BCUT2D eigenvalue weighted by Gasteiger charge is -2.32. The number of aliphatic hydroxyl groups is 1. The molecular weight excluding hydrogens is 564 g/mol. The van der Waals surface area contributed by atoms with E-state index < -0.39 is 29.1 Å². The van der Waals surface area contributed by atoms with Crippen molar-refractivity contribution < 1.29 is 36.2 Å². The maximum atomic E-state index is 13.9. The van der Waals surface area contributed by atoms with E-state index in [9.17, 15) is 36.2 Å². The lowest BCUT2D eigenvalue weighted by molar-refractivity contribution is -0.376. The summed E-state index contributed by atoms with van der Waals surface area (Å²) in [6.45, 7) is 0. The number of rotatable bonds is 6. The maximum absolute atomic E-state index is 13.9. The van der Waals surface area contributed by atoms with E-state index in [0.29, 0.717) is 40.2 Å². The van der Waals surface area contributed by atoms with Gasteiger partial charge < -0.3 is 9.84 Å². The van der Waals surface area contributed by atoms with E-state index in [4.69, 9.17) is 4.74 Å². The summed E-state index contributed by atoms with van der Waals surface area (Å²) in [5.74, 6) is 0.764. The van der Waals surface area contributed by atoms with E-state index in [0.717, 1.165) is 16.7 Å². The van der Waals surface area contributed by atoms with Crippen LogP contribution in [0.3, 0.4) is 0 Å². The van der Waals surface area contributed by atoms with Gasteiger partial charge in [0.1, 0.15) is 11.6 Å². The van der Waals surface area contributed by atoms with Gasteiger partial charge in [-0.2, -0.15) is 26.3 Å². The van der Waals surface area contributed by atoms with Gasteiger partial charge in [-0.3, -0.25) is 14.3 Å². The SMILES string of the molecule is COc1ccc(Cc2nc3ccc(-c4ccccn4)cc3c(=O)n2-c2ccc(C(O)(C(F)(F)F)C(F)(F)F)cc2)cc1. The number of fused-ring (bicyclic) bond motifs is 1. The Morgan fingerprint density at radius 1 is 0.857 bits per heavy atom. The number of pyridine rings is 1. The molecule has 0 bridgehead atoms. The fourth-order valence-electron chi connectivity index (χ4n) is 4.57. The largest absolute Gasteiger partial charge is 0.497 e. The standard InChI is InChI=1S/C30H21F6N3O3/c1-42-22-12-5-18(6-13-22)16-26-38-25-14-7-19(24-4-2-3-15-37-24)17-23(25)27(40)39(26)21-10-8-20(9-11-21)28(41,29(31,32)33)30(34,35)36/h2-15,17,41H,16H2,1H3. The monoisotopic (exact) mass is 585 g/mol. The molecule has 6 nitrogen and oxygen atoms in total. The van der Waals surface area contributed by atoms with Crippen LogP contribution < -0.4 is 10.3 Å². The third-order valence-electron chi connectivity index (χ3n) is 6.78. The van der Waals surface area contributed by atoms with Crippen molar-refractivity contribution in [2.45, 2.75) is 24.4 Å². The normalized spacial score (nSPS) is 12.5. The Morgan fingerprint density at radius 2 is 1.52 bits per heavy atom. The van der Waals surface area contributed by atoms with E-state index in [1.54, 1.807) is 66.9 Å². The van der Waals surface area contributed by atoms with Crippen LogP contribution in [0.15, 0.2) is 95.9 Å². The molecule has 12 heteroatoms. The minimum absolute atomic E-state index is 0.0448. The Bertz CT molecular complexity index is 1770. The van der Waals surface area contributed by atoms with Gasteiger partial charge in [-0.05, 0) is 54.1 Å². The molecule has 0 amide bonds. The molecule has 0 saturated heterocycles. The number of hydrogen-bond acceptors (Lipinski definition) is 5. The van der Waals surface area contributed by atoms with Crippen LogP contribution in [0.4, 0.5) is 26.3 Å². The number of ether oxygens (including phenoxy) is 1. The van der Waals surface area contributed by atoms with Gasteiger partial charge >= 0.3 is 12.4 Å². The summed E-state index contributed by atoms with van der Waals surface area (Å²) in [5.41, 5.74) is -4.97. The third-order valence-corrected chi connectivity index (χ3v) is 6.78. The molecule has 0 atom stereocenters. The summed E-state index contributed by atoms with van der Waals surface area (Å²) in [4.78, 5) is 22.8. The number of hydrogen-bond donors (Lipinski definition) is 1. The Hall–Kier alpha value is -4.71. The van der Waals surface area contributed by atoms with Crippen LogP contribution in [0.1, 0.15) is 17.0 Å². The lowest BCUT2D eigenvalue weighted by Crippen LogP contribution is -2.53. The Kier molecular flexibility index (Phi) is 7.27. The number of halogens is 6. The Balaban J connectivity index is 1.69. The van der Waals surface area contributed by atoms with Gasteiger partial charge in [0.25, 0.3) is 11.2 Å². The van der Waals surface area contributed by atoms with Crippen molar-refractivity contribution in [1.29, 1.82) is 0 Å². The molecule has 0 aliphatic rings. The molecular formula is C30H21F6N3O3. The first kappa shape index (κ1) is 28.8. The van der Waals surface area contributed by atoms with Gasteiger partial charge in [0.15, 0.2) is 0 Å². The highest BCUT2D eigenvalue weighted by molar-refractivity contribution is 5.83. The lowest BCUT2D eigenvalue weighted by atomic mass is 9.92. The minimum atomic E-state index is -6.05. The number of nitrogens with zero attached hydrogens (tertiary/aromatic N) is 3. The zero-order valence-corrected chi connectivity index (χ0v) is 21.7. The van der Waals surface area contributed by atoms with Crippen molar-refractivity contribution in [3.8, 4) is 22.7 Å². The second kappa shape index (κ2) is 10.6. The molecule has 3 aromatic carbocycles. The van der Waals surface area contributed by atoms with E-state index in [2.05, 4.69) is 9.97 Å². The average molecular weight is 586 g/mol. The average Bonchev–Trinajstić information content (AvgIpc) is 2.96. The van der Waals surface area contributed by atoms with Gasteiger partial charge in [-0.15, -0.1) is 0 Å². The van der Waals surface area contributed by atoms with E-state index in [1.165, 1.54) is 7.11 Å². The van der Waals surface area contributed by atoms with E-state index in [1.807, 2.05) is 0 Å². The second-order valence-corrected chi connectivity index (χ2v) is 9.39. The zero-order chi connectivity index (χ0) is 30.3. The zero-order valence-electron chi connectivity index (χ0n) is 21.7. The van der Waals surface area contributed by atoms with Crippen molar-refractivity contribution in [2.24, 2.45) is 0 Å². The summed E-state index contributed by atoms with van der Waals surface area (Å²) in [5, 5.41) is 9.95. The van der Waals surface area contributed by atoms with Crippen molar-refractivity contribution in [3.63, 3.8) is 0 Å². The van der Waals surface area contributed by atoms with Gasteiger partial charge in [-0.1, -0.05) is 36.4 Å². The van der Waals surface area contributed by atoms with Crippen LogP contribution in [-0.4, -0.2) is 39.1 Å². The molecule has 0 saturated carbocycles. The van der Waals surface area contributed by atoms with Crippen LogP contribution in [0.2, 0.25) is 0 Å². The van der Waals surface area contributed by atoms with E-state index >= 15 is 0 Å². The predicted molar refractivity (Wildman–Crippen MR) is 142 cm³/mol. The second-order valence-electron chi connectivity index (χ2n) is 9.39. The number of methoxy groups -OCH3 is 1. The molecule has 5 aromatic rings. The fourth-order valence-corrected chi connectivity index (χ4v) is 4.57. The van der Waals surface area contributed by atoms with Gasteiger partial charge in [0.2, 0.25) is 0 Å². The first-order valence-corrected chi connectivity index (χ1v) is 12.4. The highest BCUT2D eigenvalue weighted by atomic mass is 19.4. The fraction of sp³-hybridized carbons (Fsp3) is 0.167. The first-order chi connectivity index (χ1) is 19.8. The molecule has 2 heterocycles. The van der Waals surface area contributed by atoms with Crippen molar-refractivity contribution in [2.75, 3.05) is 7.11 Å². The molecule has 0 unspecified atom stereocenters. The van der Waals surface area contributed by atoms with Crippen molar-refractivity contribution in [1.82, 2.24) is 14.5 Å². The molecule has 2 aromatic heterocycles. The Labute approximate surface area is 234 Å². The van der Waals surface area contributed by atoms with Gasteiger partial charge in [-0.25, -0.2) is 4.98 Å². The summed E-state index contributed by atoms with van der Waals surface area (Å²) >= 11 is 0. The van der Waals surface area contributed by atoms with Crippen LogP contribution in [0.25, 0.3) is 27.8 Å². The summed E-state index contributed by atoms with van der Waals surface area (Å²) < 4.78 is 86.9. The third kappa shape index (κ3) is 5.09. The number of alkyl halides is 6. The Morgan fingerprint density at radius 3 is 2.10 bits per heavy atom. The van der Waals surface area contributed by atoms with E-state index in [-0.39, 0.29) is 23.3 Å². The summed E-state index contributed by atoms with van der Waals surface area (Å²) in [6.07, 6.45) is -10.4. The van der Waals surface area contributed by atoms with Crippen molar-refractivity contribution >= 4 is 10.9 Å². The molecule has 0 spiro atoms. The summed E-state index contributed by atoms with van der Waals surface area (Å²) in [6, 6.07) is 19.9.